The smallest absolute Gasteiger partial charge is 0.394 e. The van der Waals surface area contributed by atoms with Gasteiger partial charge in [0.2, 0.25) is 0 Å². The molecule has 2 aliphatic heterocycles. The molecule has 4 aromatic heterocycles. The highest BCUT2D eigenvalue weighted by atomic mass is 32.7. The predicted octanol–water partition coefficient (Wildman–Crippen LogP) is 0.492. The zero-order valence-electron chi connectivity index (χ0n) is 24.5. The number of ether oxygens (including phenoxy) is 2. The topological polar surface area (TPSA) is 263 Å². The lowest BCUT2D eigenvalue weighted by molar-refractivity contribution is -0.0481. The van der Waals surface area contributed by atoms with E-state index in [4.69, 9.17) is 18.5 Å². The van der Waals surface area contributed by atoms with Crippen molar-refractivity contribution in [2.24, 2.45) is 0 Å². The van der Waals surface area contributed by atoms with Crippen molar-refractivity contribution in [3.05, 3.63) is 37.5 Å². The molecule has 0 amide bonds. The van der Waals surface area contributed by atoms with Crippen LogP contribution in [-0.2, 0) is 27.7 Å². The highest BCUT2D eigenvalue weighted by Crippen LogP contribution is 2.42. The summed E-state index contributed by atoms with van der Waals surface area (Å²) in [4.78, 5) is 25.9. The number of aliphatic hydroxyl groups excluding tert-OH is 4. The lowest BCUT2D eigenvalue weighted by Crippen LogP contribution is -2.34. The number of hydrogen-bond donors (Lipinski definition) is 8. The molecule has 10 atom stereocenters. The Hall–Kier alpha value is -2.98. The van der Waals surface area contributed by atoms with Crippen molar-refractivity contribution in [1.82, 2.24) is 39.0 Å². The average Bonchev–Trinajstić information content (AvgIpc) is 3.83. The summed E-state index contributed by atoms with van der Waals surface area (Å²) in [5.74, 6) is 0.837. The van der Waals surface area contributed by atoms with Gasteiger partial charge in [-0.1, -0.05) is 12.2 Å². The van der Waals surface area contributed by atoms with Gasteiger partial charge >= 0.3 is 14.5 Å². The maximum Gasteiger partial charge on any atom is 0.582 e. The maximum absolute atomic E-state index is 11.7. The molecule has 0 saturated carbocycles. The molecule has 0 bridgehead atoms. The molecule has 0 aromatic carbocycles. The molecular weight excluding hydrogens is 714 g/mol. The second-order valence-corrected chi connectivity index (χ2v) is 13.8. The molecule has 4 aromatic rings. The van der Waals surface area contributed by atoms with E-state index < -0.39 is 76.8 Å². The highest BCUT2D eigenvalue weighted by molar-refractivity contribution is 8.39. The number of nitrogens with zero attached hydrogens (tertiary/aromatic N) is 8. The zero-order valence-corrected chi connectivity index (χ0v) is 28.1. The molecule has 2 saturated heterocycles. The summed E-state index contributed by atoms with van der Waals surface area (Å²) in [7, 11) is -4.76. The van der Waals surface area contributed by atoms with Crippen LogP contribution in [0, 0.1) is 0 Å². The molecule has 2 aliphatic rings. The van der Waals surface area contributed by atoms with Gasteiger partial charge in [0, 0.05) is 13.1 Å². The molecule has 6 N–H and O–H groups in total. The van der Waals surface area contributed by atoms with Crippen molar-refractivity contribution in [2.75, 3.05) is 36.9 Å². The second-order valence-electron chi connectivity index (χ2n) is 10.4. The van der Waals surface area contributed by atoms with Crippen LogP contribution >= 0.6 is 39.0 Å². The quantitative estimate of drug-likeness (QED) is 0.0496. The van der Waals surface area contributed by atoms with Crippen LogP contribution in [0.2, 0.25) is 0 Å². The Kier molecular flexibility index (Phi) is 11.1. The first kappa shape index (κ1) is 34.9. The zero-order chi connectivity index (χ0) is 33.9. The fourth-order valence-corrected chi connectivity index (χ4v) is 6.96. The van der Waals surface area contributed by atoms with Gasteiger partial charge in [0.25, 0.3) is 0 Å². The van der Waals surface area contributed by atoms with Crippen LogP contribution in [-0.4, -0.2) is 122 Å². The van der Waals surface area contributed by atoms with Crippen molar-refractivity contribution in [1.29, 1.82) is 0 Å². The van der Waals surface area contributed by atoms with Gasteiger partial charge in [-0.15, -0.1) is 9.05 Å². The fraction of sp³-hybridized carbons (Fsp3) is 0.500. The van der Waals surface area contributed by atoms with Crippen molar-refractivity contribution in [2.45, 2.75) is 49.1 Å². The fourth-order valence-electron chi connectivity index (χ4n) is 5.43. The van der Waals surface area contributed by atoms with E-state index in [2.05, 4.69) is 65.0 Å². The molecule has 256 valence electrons. The summed E-state index contributed by atoms with van der Waals surface area (Å²) in [6.07, 6.45) is 0.573. The van der Waals surface area contributed by atoms with Crippen molar-refractivity contribution in [3.8, 4) is 0 Å². The SMILES string of the molecule is O=[P+](S)O[C@@H]1[C@H](O)[C@@H](CO)O[C@H]1n1cnc2c(NC/C=C/CNc3ncnc4c3ncn4[C@@H]3OC(CO)[C@@H](O)[C@H]3O[P+](=O)S)ncnc21. The molecule has 0 aliphatic carbocycles. The number of aliphatic hydroxyl groups is 4. The van der Waals surface area contributed by atoms with Crippen molar-refractivity contribution >= 4 is 72.9 Å². The van der Waals surface area contributed by atoms with Gasteiger partial charge in [-0.2, -0.15) is 0 Å². The van der Waals surface area contributed by atoms with Crippen LogP contribution in [0.15, 0.2) is 37.5 Å². The third-order valence-corrected chi connectivity index (χ3v) is 9.03. The number of thiol groups is 2. The van der Waals surface area contributed by atoms with Gasteiger partial charge in [0.1, 0.15) is 61.6 Å². The Labute approximate surface area is 283 Å². The lowest BCUT2D eigenvalue weighted by Gasteiger charge is -2.16. The molecule has 6 heterocycles. The van der Waals surface area contributed by atoms with Crippen LogP contribution in [0.4, 0.5) is 11.6 Å². The minimum Gasteiger partial charge on any atom is -0.394 e. The predicted molar refractivity (Wildman–Crippen MR) is 174 cm³/mol. The number of fused-ring (bicyclic) bond motifs is 2. The number of imidazole rings is 2. The van der Waals surface area contributed by atoms with Crippen molar-refractivity contribution < 1.29 is 48.1 Å². The molecule has 24 heteroatoms. The molecule has 20 nitrogen and oxygen atoms in total. The van der Waals surface area contributed by atoms with Gasteiger partial charge in [-0.3, -0.25) is 9.13 Å². The summed E-state index contributed by atoms with van der Waals surface area (Å²) in [6.45, 7) is -0.252. The number of anilines is 2. The second kappa shape index (κ2) is 15.3. The minimum atomic E-state index is -2.38. The number of hydrogen-bond acceptors (Lipinski definition) is 18. The van der Waals surface area contributed by atoms with Gasteiger partial charge in [0.05, 0.1) is 25.9 Å². The molecule has 2 fully saturated rings. The Bertz CT molecular complexity index is 1690. The van der Waals surface area contributed by atoms with Gasteiger partial charge in [0.15, 0.2) is 58.6 Å². The number of rotatable bonds is 14. The first-order valence-electron chi connectivity index (χ1n) is 14.2. The summed E-state index contributed by atoms with van der Waals surface area (Å²) < 4.78 is 48.4. The Balaban J connectivity index is 1.09. The van der Waals surface area contributed by atoms with Gasteiger partial charge in [-0.25, -0.2) is 29.9 Å². The van der Waals surface area contributed by atoms with Crippen LogP contribution in [0.5, 0.6) is 0 Å². The molecule has 6 rings (SSSR count). The first-order valence-corrected chi connectivity index (χ1v) is 18.9. The Morgan fingerprint density at radius 1 is 0.750 bits per heavy atom. The highest BCUT2D eigenvalue weighted by Gasteiger charge is 2.51. The summed E-state index contributed by atoms with van der Waals surface area (Å²) in [5, 5.41) is 46.5. The normalized spacial score (nSPS) is 28.1. The third-order valence-electron chi connectivity index (χ3n) is 7.62. The van der Waals surface area contributed by atoms with E-state index in [1.165, 1.54) is 34.4 Å². The number of aromatic nitrogens is 8. The van der Waals surface area contributed by atoms with E-state index in [-0.39, 0.29) is 0 Å². The molecule has 3 unspecified atom stereocenters. The Morgan fingerprint density at radius 2 is 1.17 bits per heavy atom. The minimum absolute atomic E-state index is 0.353. The van der Waals surface area contributed by atoms with Gasteiger partial charge in [-0.05, 0) is 9.13 Å². The maximum atomic E-state index is 11.7. The molecule has 0 radical (unpaired) electrons. The summed E-state index contributed by atoms with van der Waals surface area (Å²) in [5.41, 5.74) is 1.51. The molecule has 48 heavy (non-hydrogen) atoms. The first-order chi connectivity index (χ1) is 23.2. The van der Waals surface area contributed by atoms with Crippen LogP contribution in [0.25, 0.3) is 22.3 Å². The average molecular weight is 745 g/mol. The van der Waals surface area contributed by atoms with E-state index >= 15 is 0 Å². The molecular formula is C24H30N10O10P2S2+2. The van der Waals surface area contributed by atoms with Crippen molar-refractivity contribution in [3.63, 3.8) is 0 Å². The molecule has 0 spiro atoms. The summed E-state index contributed by atoms with van der Waals surface area (Å²) >= 11 is 7.56. The number of nitrogens with one attached hydrogen (secondary N) is 2. The third kappa shape index (κ3) is 7.02. The van der Waals surface area contributed by atoms with E-state index in [9.17, 15) is 29.6 Å². The monoisotopic (exact) mass is 744 g/mol. The van der Waals surface area contributed by atoms with Crippen LogP contribution in [0.3, 0.4) is 0 Å². The van der Waals surface area contributed by atoms with E-state index in [0.717, 1.165) is 0 Å². The largest absolute Gasteiger partial charge is 0.582 e. The Morgan fingerprint density at radius 3 is 1.54 bits per heavy atom. The lowest BCUT2D eigenvalue weighted by atomic mass is 10.1. The van der Waals surface area contributed by atoms with Crippen LogP contribution < -0.4 is 10.6 Å². The van der Waals surface area contributed by atoms with E-state index in [1.807, 2.05) is 12.2 Å². The van der Waals surface area contributed by atoms with E-state index in [1.54, 1.807) is 0 Å². The summed E-state index contributed by atoms with van der Waals surface area (Å²) in [6, 6.07) is 0. The van der Waals surface area contributed by atoms with Gasteiger partial charge < -0.3 is 40.5 Å². The standard InChI is InChI=1S/C24H28N10O10P2S2/c35-5-11-15(37)17(43-45(39)47)23(41-11)33-9-31-13-19(27-7-29-21(13)33)25-3-1-2-4-26-20-14-22(30-8-28-20)34(10-32-14)24-18(44-46(40)48)16(38)12(6-36)42-24/h1-2,7-12,15-18,23-24,35-38H,3-6H2,(H2-2,25,26,27,28,29,30,39,40,47,48)/p+2/b2-1+/t11-,12?,15-,16-,17-,18-,23-,24-/m1/s1. The van der Waals surface area contributed by atoms with Crippen LogP contribution in [0.1, 0.15) is 12.5 Å². The van der Waals surface area contributed by atoms with E-state index in [0.29, 0.717) is 47.1 Å².